The zero-order chi connectivity index (χ0) is 30.3. The molecule has 2 aliphatic rings. The smallest absolute Gasteiger partial charge is 0.255 e. The standard InChI is InChI=1S/C30H28F2N6O5/c1-17-22(27(40)37-12-8-21(39)9-13-37)15-38-25(17)26(33-16-34-38)43-24-7-6-20(14-23(24)32)36-29(42)30(10-11-30)28(41)35-19-4-2-18(31)3-5-19/h2-7,14-16,21,39H,8-13H2,1H3,(H,35,41)(H,36,42). The van der Waals surface area contributed by atoms with Crippen LogP contribution in [0.4, 0.5) is 20.2 Å². The molecule has 11 nitrogen and oxygen atoms in total. The number of hydrogen-bond acceptors (Lipinski definition) is 7. The molecule has 2 aromatic carbocycles. The topological polar surface area (TPSA) is 138 Å². The summed E-state index contributed by atoms with van der Waals surface area (Å²) in [4.78, 5) is 44.8. The first kappa shape index (κ1) is 28.2. The molecule has 3 amide bonds. The predicted molar refractivity (Wildman–Crippen MR) is 151 cm³/mol. The summed E-state index contributed by atoms with van der Waals surface area (Å²) in [5, 5.41) is 19.2. The monoisotopic (exact) mass is 590 g/mol. The first-order chi connectivity index (χ1) is 20.6. The first-order valence-electron chi connectivity index (χ1n) is 13.8. The number of anilines is 2. The lowest BCUT2D eigenvalue weighted by molar-refractivity contribution is -0.131. The number of carbonyl (C=O) groups is 3. The zero-order valence-corrected chi connectivity index (χ0v) is 23.1. The van der Waals surface area contributed by atoms with Gasteiger partial charge in [0.1, 0.15) is 23.1 Å². The maximum Gasteiger partial charge on any atom is 0.255 e. The molecule has 0 spiro atoms. The van der Waals surface area contributed by atoms with Crippen molar-refractivity contribution >= 4 is 34.6 Å². The van der Waals surface area contributed by atoms with Crippen molar-refractivity contribution in [3.05, 3.63) is 77.8 Å². The fraction of sp³-hybridized carbons (Fsp3) is 0.300. The van der Waals surface area contributed by atoms with Crippen LogP contribution in [0.3, 0.4) is 0 Å². The van der Waals surface area contributed by atoms with Crippen LogP contribution < -0.4 is 15.4 Å². The molecular weight excluding hydrogens is 562 g/mol. The fourth-order valence-electron chi connectivity index (χ4n) is 5.14. The largest absolute Gasteiger partial charge is 0.434 e. The molecule has 0 atom stereocenters. The molecule has 1 aliphatic carbocycles. The Bertz CT molecular complexity index is 1730. The molecule has 1 aliphatic heterocycles. The molecule has 0 radical (unpaired) electrons. The number of aliphatic hydroxyl groups excluding tert-OH is 1. The third-order valence-electron chi connectivity index (χ3n) is 7.89. The van der Waals surface area contributed by atoms with E-state index in [1.807, 2.05) is 0 Å². The second kappa shape index (κ2) is 11.1. The van der Waals surface area contributed by atoms with Gasteiger partial charge in [0.15, 0.2) is 11.6 Å². The number of aliphatic hydroxyl groups is 1. The number of aryl methyl sites for hydroxylation is 1. The number of likely N-dealkylation sites (tertiary alicyclic amines) is 1. The molecule has 4 aromatic rings. The summed E-state index contributed by atoms with van der Waals surface area (Å²) in [5.74, 6) is -2.69. The molecule has 1 saturated heterocycles. The third kappa shape index (κ3) is 5.50. The lowest BCUT2D eigenvalue weighted by atomic mass is 10.0. The van der Waals surface area contributed by atoms with Crippen LogP contribution in [0.2, 0.25) is 0 Å². The number of nitrogens with one attached hydrogen (secondary N) is 2. The van der Waals surface area contributed by atoms with E-state index in [-0.39, 0.29) is 23.2 Å². The van der Waals surface area contributed by atoms with E-state index in [1.54, 1.807) is 18.0 Å². The third-order valence-corrected chi connectivity index (χ3v) is 7.89. The van der Waals surface area contributed by atoms with Gasteiger partial charge in [-0.3, -0.25) is 14.4 Å². The summed E-state index contributed by atoms with van der Waals surface area (Å²) in [6.45, 7) is 2.61. The summed E-state index contributed by atoms with van der Waals surface area (Å²) in [6, 6.07) is 9.04. The Morgan fingerprint density at radius 2 is 1.65 bits per heavy atom. The number of amides is 3. The maximum atomic E-state index is 15.2. The van der Waals surface area contributed by atoms with Crippen LogP contribution >= 0.6 is 0 Å². The average Bonchev–Trinajstić information content (AvgIpc) is 3.74. The number of ether oxygens (including phenoxy) is 1. The summed E-state index contributed by atoms with van der Waals surface area (Å²) in [5.41, 5.74) is 0.534. The minimum Gasteiger partial charge on any atom is -0.434 e. The highest BCUT2D eigenvalue weighted by Crippen LogP contribution is 2.47. The van der Waals surface area contributed by atoms with Crippen LogP contribution in [0.15, 0.2) is 55.0 Å². The molecule has 2 aromatic heterocycles. The highest BCUT2D eigenvalue weighted by molar-refractivity contribution is 6.16. The van der Waals surface area contributed by atoms with Gasteiger partial charge < -0.3 is 25.4 Å². The predicted octanol–water partition coefficient (Wildman–Crippen LogP) is 4.06. The van der Waals surface area contributed by atoms with Gasteiger partial charge in [0, 0.05) is 36.7 Å². The van der Waals surface area contributed by atoms with Gasteiger partial charge in [-0.15, -0.1) is 0 Å². The van der Waals surface area contributed by atoms with Crippen molar-refractivity contribution in [1.82, 2.24) is 19.5 Å². The minimum atomic E-state index is -1.30. The van der Waals surface area contributed by atoms with Gasteiger partial charge in [-0.25, -0.2) is 13.3 Å². The van der Waals surface area contributed by atoms with Gasteiger partial charge in [-0.1, -0.05) is 0 Å². The lowest BCUT2D eigenvalue weighted by Gasteiger charge is -2.29. The Kier molecular flexibility index (Phi) is 7.26. The number of carbonyl (C=O) groups excluding carboxylic acids is 3. The van der Waals surface area contributed by atoms with Crippen LogP contribution in [0.25, 0.3) is 5.52 Å². The van der Waals surface area contributed by atoms with Crippen molar-refractivity contribution in [2.24, 2.45) is 5.41 Å². The van der Waals surface area contributed by atoms with Gasteiger partial charge in [-0.05, 0) is 74.6 Å². The second-order valence-corrected chi connectivity index (χ2v) is 10.8. The fourth-order valence-corrected chi connectivity index (χ4v) is 5.14. The van der Waals surface area contributed by atoms with Gasteiger partial charge >= 0.3 is 0 Å². The van der Waals surface area contributed by atoms with E-state index in [1.165, 1.54) is 47.2 Å². The van der Waals surface area contributed by atoms with Crippen molar-refractivity contribution in [3.8, 4) is 11.6 Å². The van der Waals surface area contributed by atoms with Crippen LogP contribution in [-0.4, -0.2) is 61.5 Å². The molecular formula is C30H28F2N6O5. The molecule has 0 unspecified atom stereocenters. The Morgan fingerprint density at radius 1 is 1.00 bits per heavy atom. The van der Waals surface area contributed by atoms with Crippen molar-refractivity contribution < 1.29 is 33.0 Å². The van der Waals surface area contributed by atoms with Gasteiger partial charge in [0.25, 0.3) is 5.91 Å². The van der Waals surface area contributed by atoms with E-state index in [0.29, 0.717) is 61.1 Å². The summed E-state index contributed by atoms with van der Waals surface area (Å²) in [7, 11) is 0. The van der Waals surface area contributed by atoms with Crippen molar-refractivity contribution in [1.29, 1.82) is 0 Å². The van der Waals surface area contributed by atoms with E-state index in [4.69, 9.17) is 4.74 Å². The number of hydrogen-bond donors (Lipinski definition) is 3. The summed E-state index contributed by atoms with van der Waals surface area (Å²) >= 11 is 0. The molecule has 222 valence electrons. The van der Waals surface area contributed by atoms with E-state index in [2.05, 4.69) is 20.7 Å². The number of benzene rings is 2. The van der Waals surface area contributed by atoms with Crippen LogP contribution in [0.5, 0.6) is 11.6 Å². The zero-order valence-electron chi connectivity index (χ0n) is 23.1. The quantitative estimate of drug-likeness (QED) is 0.276. The number of nitrogens with zero attached hydrogens (tertiary/aromatic N) is 4. The first-order valence-corrected chi connectivity index (χ1v) is 13.8. The molecule has 3 N–H and O–H groups in total. The van der Waals surface area contributed by atoms with Crippen molar-refractivity contribution in [2.75, 3.05) is 23.7 Å². The SMILES string of the molecule is Cc1c(C(=O)N2CCC(O)CC2)cn2ncnc(Oc3ccc(NC(=O)C4(C(=O)Nc5ccc(F)cc5)CC4)cc3F)c12. The second-order valence-electron chi connectivity index (χ2n) is 10.8. The molecule has 2 fully saturated rings. The van der Waals surface area contributed by atoms with Gasteiger partial charge in [-0.2, -0.15) is 10.1 Å². The number of rotatable bonds is 7. The molecule has 1 saturated carbocycles. The normalized spacial score (nSPS) is 16.1. The highest BCUT2D eigenvalue weighted by atomic mass is 19.1. The number of aromatic nitrogens is 3. The average molecular weight is 591 g/mol. The van der Waals surface area contributed by atoms with E-state index in [9.17, 15) is 23.9 Å². The molecule has 3 heterocycles. The van der Waals surface area contributed by atoms with Gasteiger partial charge in [0.2, 0.25) is 17.7 Å². The number of fused-ring (bicyclic) bond motifs is 1. The minimum absolute atomic E-state index is 0.0331. The van der Waals surface area contributed by atoms with Gasteiger partial charge in [0.05, 0.1) is 11.7 Å². The Morgan fingerprint density at radius 3 is 2.30 bits per heavy atom. The van der Waals surface area contributed by atoms with Crippen LogP contribution in [-0.2, 0) is 9.59 Å². The molecule has 6 rings (SSSR count). The van der Waals surface area contributed by atoms with E-state index >= 15 is 4.39 Å². The molecule has 0 bridgehead atoms. The summed E-state index contributed by atoms with van der Waals surface area (Å²) in [6.07, 6.45) is 4.03. The van der Waals surface area contributed by atoms with E-state index < -0.39 is 35.0 Å². The number of piperidine rings is 1. The van der Waals surface area contributed by atoms with Crippen LogP contribution in [0.1, 0.15) is 41.6 Å². The van der Waals surface area contributed by atoms with E-state index in [0.717, 1.165) is 6.07 Å². The highest BCUT2D eigenvalue weighted by Gasteiger charge is 2.56. The Labute approximate surface area is 244 Å². The maximum absolute atomic E-state index is 15.2. The van der Waals surface area contributed by atoms with Crippen molar-refractivity contribution in [3.63, 3.8) is 0 Å². The Balaban J connectivity index is 1.16. The van der Waals surface area contributed by atoms with Crippen LogP contribution in [0, 0.1) is 24.0 Å². The molecule has 13 heteroatoms. The molecule has 43 heavy (non-hydrogen) atoms. The number of halogens is 2. The van der Waals surface area contributed by atoms with Crippen molar-refractivity contribution in [2.45, 2.75) is 38.7 Å². The summed E-state index contributed by atoms with van der Waals surface area (Å²) < 4.78 is 35.6. The lowest BCUT2D eigenvalue weighted by Crippen LogP contribution is -2.40. The Hall–Kier alpha value is -4.91.